The van der Waals surface area contributed by atoms with Gasteiger partial charge in [0.15, 0.2) is 0 Å². The number of halogens is 4. The second-order valence-electron chi connectivity index (χ2n) is 8.33. The van der Waals surface area contributed by atoms with Crippen molar-refractivity contribution < 1.29 is 27.4 Å². The van der Waals surface area contributed by atoms with Crippen LogP contribution in [0.2, 0.25) is 5.02 Å². The molecule has 10 nitrogen and oxygen atoms in total. The highest BCUT2D eigenvalue weighted by atomic mass is 35.5. The molecule has 39 heavy (non-hydrogen) atoms. The summed E-state index contributed by atoms with van der Waals surface area (Å²) < 4.78 is 50.4. The van der Waals surface area contributed by atoms with Gasteiger partial charge in [-0.1, -0.05) is 11.6 Å². The number of ether oxygens (including phenoxy) is 2. The molecule has 15 heteroatoms. The second kappa shape index (κ2) is 10.8. The van der Waals surface area contributed by atoms with E-state index in [-0.39, 0.29) is 29.1 Å². The monoisotopic (exact) mass is 577 g/mol. The number of alkyl halides is 3. The molecule has 1 aliphatic heterocycles. The van der Waals surface area contributed by atoms with Crippen LogP contribution in [-0.4, -0.2) is 44.2 Å². The quantitative estimate of drug-likeness (QED) is 0.276. The third-order valence-corrected chi connectivity index (χ3v) is 7.16. The van der Waals surface area contributed by atoms with Crippen LogP contribution in [0.25, 0.3) is 11.3 Å². The van der Waals surface area contributed by atoms with Gasteiger partial charge in [-0.2, -0.15) is 13.2 Å². The SMILES string of the molecule is COc1ccncc1-c1cc(C2OC2NC(C)c2ncc(C(=O)Nc3cc(C(F)(F)F)c(Cl)cn3)s2)ncn1. The van der Waals surface area contributed by atoms with Gasteiger partial charge in [-0.15, -0.1) is 11.3 Å². The highest BCUT2D eigenvalue weighted by Crippen LogP contribution is 2.39. The minimum atomic E-state index is -4.68. The van der Waals surface area contributed by atoms with Gasteiger partial charge in [0.1, 0.15) is 40.1 Å². The molecule has 1 aliphatic rings. The van der Waals surface area contributed by atoms with E-state index in [2.05, 4.69) is 35.6 Å². The van der Waals surface area contributed by atoms with E-state index in [1.54, 1.807) is 31.6 Å². The Bertz CT molecular complexity index is 1520. The standard InChI is InChI=1S/C24H19ClF3N7O3S/c1-11(23-31-9-18(39-23)21(36)35-19-5-13(24(26,27)28)14(25)8-30-19)34-22-20(38-22)16-6-15(32-10-33-16)12-7-29-4-3-17(12)37-2/h3-11,20,22,34H,1-2H3,(H,30,35,36). The topological polar surface area (TPSA) is 127 Å². The van der Waals surface area contributed by atoms with Crippen molar-refractivity contribution in [2.75, 3.05) is 12.4 Å². The highest BCUT2D eigenvalue weighted by Gasteiger charge is 2.43. The fourth-order valence-electron chi connectivity index (χ4n) is 3.70. The fourth-order valence-corrected chi connectivity index (χ4v) is 4.74. The summed E-state index contributed by atoms with van der Waals surface area (Å²) in [4.78, 5) is 33.6. The number of nitrogens with zero attached hydrogens (tertiary/aromatic N) is 5. The van der Waals surface area contributed by atoms with E-state index in [9.17, 15) is 18.0 Å². The maximum Gasteiger partial charge on any atom is 0.418 e. The van der Waals surface area contributed by atoms with Gasteiger partial charge in [-0.05, 0) is 25.1 Å². The number of thiazole rings is 1. The normalized spacial score (nSPS) is 17.5. The van der Waals surface area contributed by atoms with E-state index >= 15 is 0 Å². The van der Waals surface area contributed by atoms with Crippen molar-refractivity contribution in [3.8, 4) is 17.0 Å². The van der Waals surface area contributed by atoms with Gasteiger partial charge in [0.05, 0.1) is 46.9 Å². The van der Waals surface area contributed by atoms with Gasteiger partial charge >= 0.3 is 6.18 Å². The Balaban J connectivity index is 1.21. The van der Waals surface area contributed by atoms with Crippen LogP contribution in [0.1, 0.15) is 45.0 Å². The Kier molecular flexibility index (Phi) is 7.44. The molecule has 5 heterocycles. The number of carbonyl (C=O) groups is 1. The summed E-state index contributed by atoms with van der Waals surface area (Å²) in [5.74, 6) is -0.292. The van der Waals surface area contributed by atoms with Crippen LogP contribution in [0.4, 0.5) is 19.0 Å². The summed E-state index contributed by atoms with van der Waals surface area (Å²) in [7, 11) is 1.57. The molecule has 0 radical (unpaired) electrons. The number of methoxy groups -OCH3 is 1. The third-order valence-electron chi connectivity index (χ3n) is 5.68. The fraction of sp³-hybridized carbons (Fsp3) is 0.250. The lowest BCUT2D eigenvalue weighted by Gasteiger charge is -2.10. The summed E-state index contributed by atoms with van der Waals surface area (Å²) in [6, 6.07) is 3.93. The predicted molar refractivity (Wildman–Crippen MR) is 135 cm³/mol. The number of nitrogens with one attached hydrogen (secondary N) is 2. The lowest BCUT2D eigenvalue weighted by molar-refractivity contribution is -0.137. The van der Waals surface area contributed by atoms with Crippen LogP contribution in [-0.2, 0) is 10.9 Å². The number of epoxide rings is 1. The minimum absolute atomic E-state index is 0.197. The molecule has 0 spiro atoms. The Hall–Kier alpha value is -3.72. The van der Waals surface area contributed by atoms with Crippen molar-refractivity contribution in [1.29, 1.82) is 0 Å². The molecular formula is C24H19ClF3N7O3S. The van der Waals surface area contributed by atoms with E-state index in [0.717, 1.165) is 23.1 Å². The van der Waals surface area contributed by atoms with Gasteiger partial charge in [0.25, 0.3) is 5.91 Å². The maximum atomic E-state index is 13.1. The lowest BCUT2D eigenvalue weighted by Crippen LogP contribution is -2.22. The molecule has 1 amide bonds. The first-order valence-electron chi connectivity index (χ1n) is 11.4. The third kappa shape index (κ3) is 5.98. The number of hydrogen-bond acceptors (Lipinski definition) is 10. The maximum absolute atomic E-state index is 13.1. The first-order valence-corrected chi connectivity index (χ1v) is 12.5. The summed E-state index contributed by atoms with van der Waals surface area (Å²) in [5.41, 5.74) is 0.940. The Labute approximate surface area is 228 Å². The van der Waals surface area contributed by atoms with Crippen molar-refractivity contribution in [3.63, 3.8) is 0 Å². The summed E-state index contributed by atoms with van der Waals surface area (Å²) in [6.07, 6.45) is 1.56. The molecule has 3 atom stereocenters. The summed E-state index contributed by atoms with van der Waals surface area (Å²) >= 11 is 6.67. The number of aromatic nitrogens is 5. The first kappa shape index (κ1) is 26.9. The zero-order valence-electron chi connectivity index (χ0n) is 20.2. The smallest absolute Gasteiger partial charge is 0.418 e. The molecule has 0 saturated carbocycles. The second-order valence-corrected chi connectivity index (χ2v) is 9.80. The Morgan fingerprint density at radius 2 is 2.00 bits per heavy atom. The average Bonchev–Trinajstić information content (AvgIpc) is 3.49. The Morgan fingerprint density at radius 1 is 1.18 bits per heavy atom. The number of pyridine rings is 2. The van der Waals surface area contributed by atoms with E-state index in [1.165, 1.54) is 12.5 Å². The molecule has 1 fully saturated rings. The number of carbonyl (C=O) groups excluding carboxylic acids is 1. The van der Waals surface area contributed by atoms with Crippen molar-refractivity contribution in [1.82, 2.24) is 30.2 Å². The van der Waals surface area contributed by atoms with Crippen LogP contribution in [0, 0.1) is 0 Å². The van der Waals surface area contributed by atoms with Crippen molar-refractivity contribution in [2.24, 2.45) is 0 Å². The number of rotatable bonds is 8. The van der Waals surface area contributed by atoms with Crippen LogP contribution in [0.5, 0.6) is 5.75 Å². The lowest BCUT2D eigenvalue weighted by atomic mass is 10.1. The van der Waals surface area contributed by atoms with Crippen molar-refractivity contribution in [3.05, 3.63) is 75.5 Å². The largest absolute Gasteiger partial charge is 0.496 e. The predicted octanol–water partition coefficient (Wildman–Crippen LogP) is 5.07. The van der Waals surface area contributed by atoms with Crippen LogP contribution in [0.15, 0.2) is 49.3 Å². The zero-order valence-corrected chi connectivity index (χ0v) is 21.8. The highest BCUT2D eigenvalue weighted by molar-refractivity contribution is 7.13. The first-order chi connectivity index (χ1) is 18.6. The van der Waals surface area contributed by atoms with Gasteiger partial charge in [0.2, 0.25) is 0 Å². The molecule has 0 aromatic carbocycles. The van der Waals surface area contributed by atoms with Gasteiger partial charge in [-0.25, -0.2) is 19.9 Å². The van der Waals surface area contributed by atoms with Gasteiger partial charge < -0.3 is 14.8 Å². The van der Waals surface area contributed by atoms with Crippen molar-refractivity contribution >= 4 is 34.7 Å². The molecule has 5 rings (SSSR count). The van der Waals surface area contributed by atoms with Crippen LogP contribution >= 0.6 is 22.9 Å². The molecule has 0 aliphatic carbocycles. The molecule has 4 aromatic rings. The van der Waals surface area contributed by atoms with E-state index < -0.39 is 22.7 Å². The molecular weight excluding hydrogens is 559 g/mol. The summed E-state index contributed by atoms with van der Waals surface area (Å²) in [5, 5.41) is 5.65. The molecule has 3 unspecified atom stereocenters. The number of hydrogen-bond donors (Lipinski definition) is 2. The molecule has 2 N–H and O–H groups in total. The van der Waals surface area contributed by atoms with Gasteiger partial charge in [-0.3, -0.25) is 15.1 Å². The molecule has 1 saturated heterocycles. The average molecular weight is 578 g/mol. The van der Waals surface area contributed by atoms with Crippen molar-refractivity contribution in [2.45, 2.75) is 31.5 Å². The number of amides is 1. The van der Waals surface area contributed by atoms with Crippen LogP contribution < -0.4 is 15.4 Å². The van der Waals surface area contributed by atoms with E-state index in [4.69, 9.17) is 21.1 Å². The van der Waals surface area contributed by atoms with Gasteiger partial charge in [0, 0.05) is 18.6 Å². The Morgan fingerprint density at radius 3 is 2.77 bits per heavy atom. The van der Waals surface area contributed by atoms with E-state index in [1.807, 2.05) is 6.92 Å². The van der Waals surface area contributed by atoms with E-state index in [0.29, 0.717) is 28.2 Å². The number of anilines is 1. The minimum Gasteiger partial charge on any atom is -0.496 e. The molecule has 0 bridgehead atoms. The molecule has 4 aromatic heterocycles. The summed E-state index contributed by atoms with van der Waals surface area (Å²) in [6.45, 7) is 1.85. The zero-order chi connectivity index (χ0) is 27.7. The van der Waals surface area contributed by atoms with Crippen LogP contribution in [0.3, 0.4) is 0 Å². The molecule has 202 valence electrons.